The lowest BCUT2D eigenvalue weighted by molar-refractivity contribution is 0.112. The third-order valence-corrected chi connectivity index (χ3v) is 3.79. The molecule has 31 heavy (non-hydrogen) atoms. The Kier molecular flexibility index (Phi) is 8.03. The topological polar surface area (TPSA) is 80.1 Å². The van der Waals surface area contributed by atoms with Gasteiger partial charge in [0.25, 0.3) is 5.56 Å². The second kappa shape index (κ2) is 10.5. The molecule has 0 bridgehead atoms. The molecule has 10 heteroatoms. The Labute approximate surface area is 177 Å². The average Bonchev–Trinajstić information content (AvgIpc) is 2.69. The standard InChI is InChI=1S/C18H13F3N4O2.C3H9N/c1-10-2-3-11(9-26)6-15(10)23-18-24-16(27)7-22-25(18)8-12-4-13(19)17(21)14(20)5-12;1-4(2)3/h2-7,9H,8H2,1H3,(H,23,24,27);1-3H3. The van der Waals surface area contributed by atoms with Crippen molar-refractivity contribution in [3.8, 4) is 0 Å². The van der Waals surface area contributed by atoms with Gasteiger partial charge in [0.05, 0.1) is 6.54 Å². The fourth-order valence-corrected chi connectivity index (χ4v) is 2.41. The largest absolute Gasteiger partial charge is 0.324 e. The average molecular weight is 433 g/mol. The summed E-state index contributed by atoms with van der Waals surface area (Å²) >= 11 is 0. The summed E-state index contributed by atoms with van der Waals surface area (Å²) in [5.41, 5.74) is 1.14. The fraction of sp³-hybridized carbons (Fsp3) is 0.238. The van der Waals surface area contributed by atoms with E-state index in [9.17, 15) is 22.8 Å². The van der Waals surface area contributed by atoms with Crippen molar-refractivity contribution in [3.63, 3.8) is 0 Å². The van der Waals surface area contributed by atoms with E-state index in [2.05, 4.69) is 15.4 Å². The fourth-order valence-electron chi connectivity index (χ4n) is 2.41. The van der Waals surface area contributed by atoms with E-state index >= 15 is 0 Å². The Balaban J connectivity index is 0.000000785. The number of rotatable bonds is 5. The number of nitrogens with one attached hydrogen (secondary N) is 1. The minimum atomic E-state index is -1.57. The maximum absolute atomic E-state index is 13.4. The molecule has 1 aromatic heterocycles. The Morgan fingerprint density at radius 1 is 1.10 bits per heavy atom. The van der Waals surface area contributed by atoms with E-state index in [1.54, 1.807) is 25.1 Å². The lowest BCUT2D eigenvalue weighted by Gasteiger charge is -2.14. The van der Waals surface area contributed by atoms with Crippen LogP contribution in [-0.4, -0.2) is 47.1 Å². The summed E-state index contributed by atoms with van der Waals surface area (Å²) in [5.74, 6) is -4.23. The lowest BCUT2D eigenvalue weighted by Crippen LogP contribution is -2.19. The van der Waals surface area contributed by atoms with Crippen molar-refractivity contribution in [1.29, 1.82) is 0 Å². The van der Waals surface area contributed by atoms with Crippen LogP contribution >= 0.6 is 0 Å². The second-order valence-electron chi connectivity index (χ2n) is 7.11. The van der Waals surface area contributed by atoms with Crippen molar-refractivity contribution >= 4 is 17.9 Å². The molecule has 164 valence electrons. The molecule has 3 aromatic rings. The summed E-state index contributed by atoms with van der Waals surface area (Å²) in [5, 5.41) is 6.78. The maximum Gasteiger partial charge on any atom is 0.293 e. The molecular formula is C21H22F3N5O2. The van der Waals surface area contributed by atoms with E-state index in [4.69, 9.17) is 0 Å². The van der Waals surface area contributed by atoms with Gasteiger partial charge in [-0.1, -0.05) is 12.1 Å². The van der Waals surface area contributed by atoms with Gasteiger partial charge >= 0.3 is 0 Å². The van der Waals surface area contributed by atoms with Crippen LogP contribution < -0.4 is 10.9 Å². The summed E-state index contributed by atoms with van der Waals surface area (Å²) in [6.45, 7) is 1.61. The van der Waals surface area contributed by atoms with E-state index in [1.807, 2.05) is 26.0 Å². The molecule has 0 aliphatic rings. The number of hydrogen-bond acceptors (Lipinski definition) is 6. The van der Waals surface area contributed by atoms with E-state index in [0.717, 1.165) is 23.9 Å². The van der Waals surface area contributed by atoms with Gasteiger partial charge in [0.15, 0.2) is 17.5 Å². The number of aryl methyl sites for hydroxylation is 1. The van der Waals surface area contributed by atoms with Crippen LogP contribution in [0.1, 0.15) is 21.5 Å². The molecule has 0 saturated carbocycles. The Morgan fingerprint density at radius 2 is 1.71 bits per heavy atom. The predicted molar refractivity (Wildman–Crippen MR) is 111 cm³/mol. The predicted octanol–water partition coefficient (Wildman–Crippen LogP) is 3.15. The van der Waals surface area contributed by atoms with Gasteiger partial charge in [-0.25, -0.2) is 17.9 Å². The van der Waals surface area contributed by atoms with Crippen LogP contribution in [0.15, 0.2) is 41.3 Å². The van der Waals surface area contributed by atoms with Gasteiger partial charge in [0.2, 0.25) is 5.95 Å². The first-order valence-electron chi connectivity index (χ1n) is 9.12. The Hall–Kier alpha value is -3.53. The maximum atomic E-state index is 13.4. The number of benzene rings is 2. The summed E-state index contributed by atoms with van der Waals surface area (Å²) in [6, 6.07) is 6.56. The highest BCUT2D eigenvalue weighted by atomic mass is 19.2. The molecule has 0 aliphatic heterocycles. The number of nitrogens with zero attached hydrogens (tertiary/aromatic N) is 4. The molecule has 1 heterocycles. The highest BCUT2D eigenvalue weighted by Crippen LogP contribution is 2.21. The third kappa shape index (κ3) is 6.75. The van der Waals surface area contributed by atoms with Gasteiger partial charge in [0.1, 0.15) is 12.5 Å². The third-order valence-electron chi connectivity index (χ3n) is 3.79. The van der Waals surface area contributed by atoms with E-state index < -0.39 is 23.0 Å². The second-order valence-corrected chi connectivity index (χ2v) is 7.11. The van der Waals surface area contributed by atoms with Crippen LogP contribution in [0.3, 0.4) is 0 Å². The molecule has 2 aromatic carbocycles. The number of hydrogen-bond donors (Lipinski definition) is 1. The van der Waals surface area contributed by atoms with Gasteiger partial charge in [0, 0.05) is 11.3 Å². The number of carbonyl (C=O) groups excluding carboxylic acids is 1. The summed E-state index contributed by atoms with van der Waals surface area (Å²) in [6.07, 6.45) is 1.61. The zero-order chi connectivity index (χ0) is 23.1. The monoisotopic (exact) mass is 433 g/mol. The molecular weight excluding hydrogens is 411 g/mol. The van der Waals surface area contributed by atoms with E-state index in [-0.39, 0.29) is 18.1 Å². The Morgan fingerprint density at radius 3 is 2.29 bits per heavy atom. The summed E-state index contributed by atoms with van der Waals surface area (Å²) < 4.78 is 41.2. The summed E-state index contributed by atoms with van der Waals surface area (Å²) in [4.78, 5) is 28.4. The highest BCUT2D eigenvalue weighted by Gasteiger charge is 2.13. The van der Waals surface area contributed by atoms with Crippen molar-refractivity contribution in [2.45, 2.75) is 13.5 Å². The number of anilines is 2. The first kappa shape index (κ1) is 23.7. The van der Waals surface area contributed by atoms with Gasteiger partial charge < -0.3 is 10.2 Å². The molecule has 0 radical (unpaired) electrons. The molecule has 0 saturated heterocycles. The van der Waals surface area contributed by atoms with Crippen molar-refractivity contribution in [2.24, 2.45) is 0 Å². The zero-order valence-corrected chi connectivity index (χ0v) is 17.5. The summed E-state index contributed by atoms with van der Waals surface area (Å²) in [7, 11) is 6.00. The van der Waals surface area contributed by atoms with Crippen molar-refractivity contribution in [1.82, 2.24) is 19.7 Å². The molecule has 0 aliphatic carbocycles. The molecule has 7 nitrogen and oxygen atoms in total. The van der Waals surface area contributed by atoms with Crippen molar-refractivity contribution in [2.75, 3.05) is 26.5 Å². The SMILES string of the molecule is CN(C)C.Cc1ccc(C=O)cc1Nc1nc(=O)cnn1Cc1cc(F)c(F)c(F)c1. The zero-order valence-electron chi connectivity index (χ0n) is 17.5. The van der Waals surface area contributed by atoms with Crippen LogP contribution in [0.2, 0.25) is 0 Å². The lowest BCUT2D eigenvalue weighted by atomic mass is 10.1. The van der Waals surface area contributed by atoms with Crippen LogP contribution in [0.25, 0.3) is 0 Å². The molecule has 3 rings (SSSR count). The van der Waals surface area contributed by atoms with Gasteiger partial charge in [-0.2, -0.15) is 10.1 Å². The first-order valence-corrected chi connectivity index (χ1v) is 9.12. The van der Waals surface area contributed by atoms with Gasteiger partial charge in [-0.15, -0.1) is 0 Å². The molecule has 1 N–H and O–H groups in total. The molecule has 0 atom stereocenters. The smallest absolute Gasteiger partial charge is 0.293 e. The van der Waals surface area contributed by atoms with Gasteiger partial charge in [-0.3, -0.25) is 9.59 Å². The first-order chi connectivity index (χ1) is 14.6. The van der Waals surface area contributed by atoms with Gasteiger partial charge in [-0.05, 0) is 57.4 Å². The molecule has 0 amide bonds. The van der Waals surface area contributed by atoms with Crippen molar-refractivity contribution < 1.29 is 18.0 Å². The molecule has 0 spiro atoms. The number of carbonyl (C=O) groups is 1. The number of aromatic nitrogens is 3. The number of halogens is 3. The minimum Gasteiger partial charge on any atom is -0.324 e. The Bertz CT molecular complexity index is 1110. The van der Waals surface area contributed by atoms with Crippen LogP contribution in [0.4, 0.5) is 24.8 Å². The van der Waals surface area contributed by atoms with Crippen LogP contribution in [0, 0.1) is 24.4 Å². The normalized spacial score (nSPS) is 10.5. The molecule has 0 fully saturated rings. The van der Waals surface area contributed by atoms with Crippen molar-refractivity contribution in [3.05, 3.63) is 81.0 Å². The highest BCUT2D eigenvalue weighted by molar-refractivity contribution is 5.78. The van der Waals surface area contributed by atoms with E-state index in [0.29, 0.717) is 17.5 Å². The molecule has 0 unspecified atom stereocenters. The van der Waals surface area contributed by atoms with Crippen LogP contribution in [0.5, 0.6) is 0 Å². The van der Waals surface area contributed by atoms with Crippen LogP contribution in [-0.2, 0) is 6.54 Å². The van der Waals surface area contributed by atoms with E-state index in [1.165, 1.54) is 4.68 Å². The minimum absolute atomic E-state index is 0.00112. The number of aldehydes is 1. The quantitative estimate of drug-likeness (QED) is 0.492.